The Morgan fingerprint density at radius 1 is 1.12 bits per heavy atom. The maximum absolute atomic E-state index is 13.4. The first kappa shape index (κ1) is 24.4. The van der Waals surface area contributed by atoms with Crippen molar-refractivity contribution in [2.24, 2.45) is 5.92 Å². The Kier molecular flexibility index (Phi) is 7.82. The Hall–Kier alpha value is -3.25. The molecule has 176 valence electrons. The van der Waals surface area contributed by atoms with E-state index in [9.17, 15) is 18.5 Å². The average Bonchev–Trinajstić information content (AvgIpc) is 2.83. The zero-order valence-electron chi connectivity index (χ0n) is 19.3. The number of nitrogens with zero attached hydrogens (tertiary/aromatic N) is 4. The Bertz CT molecular complexity index is 1110. The number of piperazine rings is 1. The summed E-state index contributed by atoms with van der Waals surface area (Å²) in [7, 11) is -3.78. The number of anilines is 2. The molecule has 0 spiro atoms. The van der Waals surface area contributed by atoms with Gasteiger partial charge in [-0.1, -0.05) is 32.0 Å². The van der Waals surface area contributed by atoms with Crippen LogP contribution in [0.2, 0.25) is 0 Å². The molecule has 1 heterocycles. The highest BCUT2D eigenvalue weighted by Crippen LogP contribution is 2.30. The van der Waals surface area contributed by atoms with Crippen LogP contribution in [0.15, 0.2) is 53.4 Å². The van der Waals surface area contributed by atoms with Crippen molar-refractivity contribution in [3.8, 4) is 6.07 Å². The van der Waals surface area contributed by atoms with E-state index in [1.54, 1.807) is 60.4 Å². The predicted octanol–water partition coefficient (Wildman–Crippen LogP) is 3.69. The predicted molar refractivity (Wildman–Crippen MR) is 128 cm³/mol. The minimum Gasteiger partial charge on any atom is -0.450 e. The number of sulfonamides is 1. The summed E-state index contributed by atoms with van der Waals surface area (Å²) >= 11 is 0. The molecule has 2 aromatic rings. The number of ether oxygens (including phenoxy) is 1. The third-order valence-electron chi connectivity index (χ3n) is 5.40. The Morgan fingerprint density at radius 3 is 2.36 bits per heavy atom. The molecular weight excluding hydrogens is 440 g/mol. The van der Waals surface area contributed by atoms with Crippen LogP contribution in [0.4, 0.5) is 16.2 Å². The van der Waals surface area contributed by atoms with Crippen LogP contribution < -0.4 is 9.21 Å². The summed E-state index contributed by atoms with van der Waals surface area (Å²) in [5.41, 5.74) is 1.58. The lowest BCUT2D eigenvalue weighted by molar-refractivity contribution is 0.105. The third-order valence-corrected chi connectivity index (χ3v) is 7.21. The quantitative estimate of drug-likeness (QED) is 0.613. The first-order valence-corrected chi connectivity index (χ1v) is 12.5. The third kappa shape index (κ3) is 5.57. The van der Waals surface area contributed by atoms with Crippen LogP contribution in [0.3, 0.4) is 0 Å². The lowest BCUT2D eigenvalue weighted by Gasteiger charge is -2.36. The number of carbonyl (C=O) groups is 1. The van der Waals surface area contributed by atoms with Gasteiger partial charge in [0.25, 0.3) is 10.0 Å². The van der Waals surface area contributed by atoms with Crippen LogP contribution in [0.25, 0.3) is 0 Å². The molecule has 8 nitrogen and oxygen atoms in total. The Balaban J connectivity index is 1.88. The summed E-state index contributed by atoms with van der Waals surface area (Å²) in [6.07, 6.45) is -0.330. The SMILES string of the molecule is CCOC(=O)N1CCN(c2ccc(N(CC(C)C)S(=O)(=O)c3ccccc3)cc2C#N)CC1. The molecule has 0 aromatic heterocycles. The van der Waals surface area contributed by atoms with Gasteiger partial charge in [0.2, 0.25) is 0 Å². The first-order chi connectivity index (χ1) is 15.8. The summed E-state index contributed by atoms with van der Waals surface area (Å²) in [5, 5.41) is 9.84. The molecule has 9 heteroatoms. The maximum Gasteiger partial charge on any atom is 0.409 e. The average molecular weight is 471 g/mol. The van der Waals surface area contributed by atoms with Gasteiger partial charge < -0.3 is 14.5 Å². The normalized spacial score (nSPS) is 14.2. The largest absolute Gasteiger partial charge is 0.450 e. The highest BCUT2D eigenvalue weighted by Gasteiger charge is 2.28. The molecule has 3 rings (SSSR count). The monoisotopic (exact) mass is 470 g/mol. The number of rotatable bonds is 7. The van der Waals surface area contributed by atoms with Crippen molar-refractivity contribution in [2.45, 2.75) is 25.7 Å². The van der Waals surface area contributed by atoms with Crippen molar-refractivity contribution in [1.29, 1.82) is 5.26 Å². The molecule has 2 aromatic carbocycles. The fourth-order valence-electron chi connectivity index (χ4n) is 3.78. The van der Waals surface area contributed by atoms with Gasteiger partial charge in [0.15, 0.2) is 0 Å². The molecule has 0 aliphatic carbocycles. The topological polar surface area (TPSA) is 93.9 Å². The Morgan fingerprint density at radius 2 is 1.79 bits per heavy atom. The van der Waals surface area contributed by atoms with E-state index in [1.807, 2.05) is 18.7 Å². The molecule has 0 atom stereocenters. The number of hydrogen-bond acceptors (Lipinski definition) is 6. The summed E-state index contributed by atoms with van der Waals surface area (Å²) in [6, 6.07) is 15.7. The summed E-state index contributed by atoms with van der Waals surface area (Å²) in [6.45, 7) is 8.41. The van der Waals surface area contributed by atoms with E-state index in [0.717, 1.165) is 5.69 Å². The van der Waals surface area contributed by atoms with Gasteiger partial charge in [-0.3, -0.25) is 4.31 Å². The minimum absolute atomic E-state index is 0.0876. The Labute approximate surface area is 196 Å². The molecular formula is C24H30N4O4S. The van der Waals surface area contributed by atoms with Crippen molar-refractivity contribution >= 4 is 27.5 Å². The second-order valence-corrected chi connectivity index (χ2v) is 10.1. The minimum atomic E-state index is -3.78. The number of amides is 1. The number of hydrogen-bond donors (Lipinski definition) is 0. The molecule has 0 unspecified atom stereocenters. The molecule has 0 radical (unpaired) electrons. The van der Waals surface area contributed by atoms with E-state index < -0.39 is 10.0 Å². The molecule has 1 aliphatic rings. The zero-order chi connectivity index (χ0) is 24.0. The first-order valence-electron chi connectivity index (χ1n) is 11.1. The molecule has 0 N–H and O–H groups in total. The van der Waals surface area contributed by atoms with Gasteiger partial charge in [-0.2, -0.15) is 5.26 Å². The van der Waals surface area contributed by atoms with Crippen LogP contribution in [-0.2, 0) is 14.8 Å². The molecule has 1 fully saturated rings. The van der Waals surface area contributed by atoms with Gasteiger partial charge in [-0.25, -0.2) is 13.2 Å². The summed E-state index contributed by atoms with van der Waals surface area (Å²) in [5.74, 6) is 0.0876. The highest BCUT2D eigenvalue weighted by molar-refractivity contribution is 7.92. The standard InChI is InChI=1S/C24H30N4O4S/c1-4-32-24(29)27-14-12-26(13-15-27)23-11-10-21(16-20(23)17-25)28(18-19(2)3)33(30,31)22-8-6-5-7-9-22/h5-11,16,19H,4,12-15,18H2,1-3H3. The van der Waals surface area contributed by atoms with E-state index in [-0.39, 0.29) is 16.9 Å². The van der Waals surface area contributed by atoms with Crippen molar-refractivity contribution < 1.29 is 17.9 Å². The lowest BCUT2D eigenvalue weighted by atomic mass is 10.1. The fourth-order valence-corrected chi connectivity index (χ4v) is 5.42. The van der Waals surface area contributed by atoms with Crippen LogP contribution in [-0.4, -0.2) is 58.7 Å². The van der Waals surface area contributed by atoms with Crippen molar-refractivity contribution in [2.75, 3.05) is 48.5 Å². The van der Waals surface area contributed by atoms with Gasteiger partial charge in [0.1, 0.15) is 6.07 Å². The number of benzene rings is 2. The molecule has 1 amide bonds. The van der Waals surface area contributed by atoms with Crippen molar-refractivity contribution in [3.05, 3.63) is 54.1 Å². The van der Waals surface area contributed by atoms with E-state index in [2.05, 4.69) is 6.07 Å². The van der Waals surface area contributed by atoms with Crippen molar-refractivity contribution in [1.82, 2.24) is 4.90 Å². The van der Waals surface area contributed by atoms with Crippen LogP contribution >= 0.6 is 0 Å². The maximum atomic E-state index is 13.4. The van der Waals surface area contributed by atoms with Gasteiger partial charge in [0, 0.05) is 32.7 Å². The van der Waals surface area contributed by atoms with Crippen LogP contribution in [0.5, 0.6) is 0 Å². The van der Waals surface area contributed by atoms with Gasteiger partial charge in [-0.15, -0.1) is 0 Å². The number of nitriles is 1. The van der Waals surface area contributed by atoms with E-state index >= 15 is 0 Å². The smallest absolute Gasteiger partial charge is 0.409 e. The van der Waals surface area contributed by atoms with E-state index in [0.29, 0.717) is 50.6 Å². The molecule has 1 aliphatic heterocycles. The lowest BCUT2D eigenvalue weighted by Crippen LogP contribution is -2.49. The van der Waals surface area contributed by atoms with Gasteiger partial charge in [-0.05, 0) is 43.2 Å². The summed E-state index contributed by atoms with van der Waals surface area (Å²) < 4.78 is 33.2. The molecule has 0 bridgehead atoms. The fraction of sp³-hybridized carbons (Fsp3) is 0.417. The second-order valence-electron chi connectivity index (χ2n) is 8.23. The molecule has 1 saturated heterocycles. The zero-order valence-corrected chi connectivity index (χ0v) is 20.1. The number of carbonyl (C=O) groups excluding carboxylic acids is 1. The summed E-state index contributed by atoms with van der Waals surface area (Å²) in [4.78, 5) is 15.9. The van der Waals surface area contributed by atoms with Crippen LogP contribution in [0.1, 0.15) is 26.3 Å². The van der Waals surface area contributed by atoms with Crippen molar-refractivity contribution in [3.63, 3.8) is 0 Å². The van der Waals surface area contributed by atoms with E-state index in [4.69, 9.17) is 4.74 Å². The molecule has 33 heavy (non-hydrogen) atoms. The van der Waals surface area contributed by atoms with E-state index in [1.165, 1.54) is 4.31 Å². The molecule has 0 saturated carbocycles. The second kappa shape index (κ2) is 10.6. The van der Waals surface area contributed by atoms with Gasteiger partial charge in [0.05, 0.1) is 28.4 Å². The van der Waals surface area contributed by atoms with Crippen LogP contribution in [0, 0.1) is 17.2 Å². The highest BCUT2D eigenvalue weighted by atomic mass is 32.2. The van der Waals surface area contributed by atoms with Gasteiger partial charge >= 0.3 is 6.09 Å².